The van der Waals surface area contributed by atoms with Gasteiger partial charge in [-0.2, -0.15) is 25.3 Å². The predicted molar refractivity (Wildman–Crippen MR) is 141 cm³/mol. The Morgan fingerprint density at radius 1 is 0.459 bits per heavy atom. The normalized spacial score (nSPS) is 16.1. The fraction of sp³-hybridized carbons (Fsp3) is 0.250. The van der Waals surface area contributed by atoms with Crippen LogP contribution in [-0.2, 0) is 30.4 Å². The molecule has 3 aromatic rings. The van der Waals surface area contributed by atoms with Gasteiger partial charge in [-0.25, -0.2) is 0 Å². The zero-order chi connectivity index (χ0) is 27.8. The van der Waals surface area contributed by atoms with Crippen LogP contribution in [0.3, 0.4) is 0 Å². The summed E-state index contributed by atoms with van der Waals surface area (Å²) in [6.45, 7) is 5.96. The molecule has 200 valence electrons. The first-order valence-electron chi connectivity index (χ1n) is 11.0. The number of rotatable bonds is 9. The Morgan fingerprint density at radius 2 is 0.649 bits per heavy atom. The molecular weight excluding hydrogens is 559 g/mol. The van der Waals surface area contributed by atoms with E-state index in [4.69, 9.17) is 0 Å². The van der Waals surface area contributed by atoms with Crippen molar-refractivity contribution in [1.29, 1.82) is 0 Å². The molecule has 0 saturated heterocycles. The second-order valence-electron chi connectivity index (χ2n) is 8.61. The molecule has 37 heavy (non-hydrogen) atoms. The molecule has 3 N–H and O–H groups in total. The van der Waals surface area contributed by atoms with Crippen LogP contribution in [0.1, 0.15) is 54.4 Å². The minimum atomic E-state index is -4.35. The molecule has 9 nitrogen and oxygen atoms in total. The topological polar surface area (TPSA) is 163 Å². The van der Waals surface area contributed by atoms with E-state index in [9.17, 15) is 38.9 Å². The van der Waals surface area contributed by atoms with E-state index >= 15 is 0 Å². The van der Waals surface area contributed by atoms with Gasteiger partial charge in [0.2, 0.25) is 0 Å². The van der Waals surface area contributed by atoms with E-state index in [0.29, 0.717) is 0 Å². The van der Waals surface area contributed by atoms with Crippen molar-refractivity contribution >= 4 is 38.3 Å². The first-order valence-corrected chi connectivity index (χ1v) is 16.9. The predicted octanol–water partition coefficient (Wildman–Crippen LogP) is 5.49. The minimum Gasteiger partial charge on any atom is -0.282 e. The first kappa shape index (κ1) is 29.4. The molecule has 0 saturated carbocycles. The van der Waals surface area contributed by atoms with Gasteiger partial charge in [0.1, 0.15) is 0 Å². The van der Waals surface area contributed by atoms with Crippen molar-refractivity contribution in [2.75, 3.05) is 0 Å². The Bertz CT molecular complexity index is 1370. The van der Waals surface area contributed by atoms with Crippen LogP contribution >= 0.6 is 7.92 Å². The van der Waals surface area contributed by atoms with Gasteiger partial charge < -0.3 is 0 Å². The van der Waals surface area contributed by atoms with Gasteiger partial charge in [0.15, 0.2) is 0 Å². The molecule has 0 fully saturated rings. The molecule has 0 aliphatic rings. The molecule has 0 aromatic heterocycles. The van der Waals surface area contributed by atoms with Gasteiger partial charge in [0.25, 0.3) is 30.4 Å². The molecule has 3 rings (SSSR count). The molecule has 0 aliphatic carbocycles. The Balaban J connectivity index is 2.06. The Morgan fingerprint density at radius 3 is 0.811 bits per heavy atom. The van der Waals surface area contributed by atoms with Crippen LogP contribution in [0.2, 0.25) is 0 Å². The molecule has 3 aromatic carbocycles. The highest BCUT2D eigenvalue weighted by atomic mass is 32.2. The standard InChI is InChI=1S/C24H27O9PS3/c1-16(19-4-10-22(11-5-19)35(25,26)27)34(17(2)20-6-12-23(13-7-20)36(28,29)30)18(3)21-8-14-24(15-9-21)37(31,32)33/h4-18H,1-3H3,(H,25,26,27)(H,28,29,30)(H,31,32,33). The molecule has 13 heteroatoms. The van der Waals surface area contributed by atoms with Crippen LogP contribution in [-0.4, -0.2) is 38.9 Å². The number of hydrogen-bond donors (Lipinski definition) is 3. The van der Waals surface area contributed by atoms with Gasteiger partial charge in [-0.15, -0.1) is 0 Å². The molecule has 0 heterocycles. The summed E-state index contributed by atoms with van der Waals surface area (Å²) >= 11 is 0. The van der Waals surface area contributed by atoms with E-state index in [1.54, 1.807) is 36.4 Å². The largest absolute Gasteiger partial charge is 0.294 e. The molecule has 3 atom stereocenters. The van der Waals surface area contributed by atoms with Crippen molar-refractivity contribution in [3.63, 3.8) is 0 Å². The second kappa shape index (κ2) is 10.9. The zero-order valence-electron chi connectivity index (χ0n) is 20.1. The first-order chi connectivity index (χ1) is 17.0. The van der Waals surface area contributed by atoms with Gasteiger partial charge in [-0.05, 0) is 53.1 Å². The lowest BCUT2D eigenvalue weighted by atomic mass is 10.1. The lowest BCUT2D eigenvalue weighted by molar-refractivity contribution is 0.481. The van der Waals surface area contributed by atoms with E-state index in [1.165, 1.54) is 36.4 Å². The fourth-order valence-electron chi connectivity index (χ4n) is 4.28. The second-order valence-corrected chi connectivity index (χ2v) is 16.1. The third-order valence-corrected chi connectivity index (χ3v) is 12.5. The summed E-state index contributed by atoms with van der Waals surface area (Å²) in [7, 11) is -14.1. The van der Waals surface area contributed by atoms with Crippen molar-refractivity contribution < 1.29 is 38.9 Å². The monoisotopic (exact) mass is 586 g/mol. The van der Waals surface area contributed by atoms with E-state index in [1.807, 2.05) is 20.8 Å². The van der Waals surface area contributed by atoms with Crippen LogP contribution in [0.25, 0.3) is 0 Å². The van der Waals surface area contributed by atoms with Crippen molar-refractivity contribution in [3.8, 4) is 0 Å². The van der Waals surface area contributed by atoms with Crippen molar-refractivity contribution in [3.05, 3.63) is 89.5 Å². The van der Waals surface area contributed by atoms with Crippen molar-refractivity contribution in [1.82, 2.24) is 0 Å². The molecular formula is C24H27O9PS3. The van der Waals surface area contributed by atoms with E-state index in [-0.39, 0.29) is 31.7 Å². The van der Waals surface area contributed by atoms with Gasteiger partial charge in [0.05, 0.1) is 14.7 Å². The van der Waals surface area contributed by atoms with Crippen LogP contribution < -0.4 is 0 Å². The maximum atomic E-state index is 11.5. The number of hydrogen-bond acceptors (Lipinski definition) is 6. The summed E-state index contributed by atoms with van der Waals surface area (Å²) < 4.78 is 96.8. The quantitative estimate of drug-likeness (QED) is 0.217. The van der Waals surface area contributed by atoms with E-state index in [2.05, 4.69) is 0 Å². The highest BCUT2D eigenvalue weighted by Crippen LogP contribution is 2.69. The summed E-state index contributed by atoms with van der Waals surface area (Å²) in [6, 6.07) is 17.7. The molecule has 0 amide bonds. The van der Waals surface area contributed by atoms with Crippen LogP contribution in [0.15, 0.2) is 87.5 Å². The Labute approximate surface area is 218 Å². The molecule has 0 bridgehead atoms. The maximum absolute atomic E-state index is 11.5. The van der Waals surface area contributed by atoms with Gasteiger partial charge in [-0.3, -0.25) is 13.7 Å². The van der Waals surface area contributed by atoms with Gasteiger partial charge >= 0.3 is 0 Å². The van der Waals surface area contributed by atoms with E-state index in [0.717, 1.165) is 16.7 Å². The SMILES string of the molecule is CC(c1ccc(S(=O)(=O)O)cc1)P(C(C)c1ccc(S(=O)(=O)O)cc1)C(C)c1ccc(S(=O)(=O)O)cc1. The van der Waals surface area contributed by atoms with Crippen molar-refractivity contribution in [2.24, 2.45) is 0 Å². The lowest BCUT2D eigenvalue weighted by Crippen LogP contribution is -2.07. The highest BCUT2D eigenvalue weighted by molar-refractivity contribution is 7.86. The van der Waals surface area contributed by atoms with Crippen LogP contribution in [0.5, 0.6) is 0 Å². The molecule has 0 aliphatic heterocycles. The highest BCUT2D eigenvalue weighted by Gasteiger charge is 2.32. The molecule has 3 unspecified atom stereocenters. The Hall–Kier alpha value is -2.18. The van der Waals surface area contributed by atoms with Crippen molar-refractivity contribution in [2.45, 2.75) is 52.4 Å². The Kier molecular flexibility index (Phi) is 8.65. The van der Waals surface area contributed by atoms with Gasteiger partial charge in [-0.1, -0.05) is 65.1 Å². The number of benzene rings is 3. The van der Waals surface area contributed by atoms with Crippen LogP contribution in [0, 0.1) is 0 Å². The third-order valence-electron chi connectivity index (χ3n) is 6.32. The smallest absolute Gasteiger partial charge is 0.282 e. The average molecular weight is 587 g/mol. The van der Waals surface area contributed by atoms with E-state index < -0.39 is 38.3 Å². The minimum absolute atomic E-state index is 0.113. The lowest BCUT2D eigenvalue weighted by Gasteiger charge is -2.36. The summed E-state index contributed by atoms with van der Waals surface area (Å²) in [4.78, 5) is -0.679. The summed E-state index contributed by atoms with van der Waals surface area (Å²) in [6.07, 6.45) is 0. The summed E-state index contributed by atoms with van der Waals surface area (Å²) in [5.74, 6) is 0. The van der Waals surface area contributed by atoms with Crippen LogP contribution in [0.4, 0.5) is 0 Å². The molecule has 0 spiro atoms. The fourth-order valence-corrected chi connectivity index (χ4v) is 9.28. The average Bonchev–Trinajstić information content (AvgIpc) is 2.82. The zero-order valence-corrected chi connectivity index (χ0v) is 23.5. The third kappa shape index (κ3) is 7.02. The summed E-state index contributed by atoms with van der Waals surface area (Å²) in [5, 5.41) is 0. The van der Waals surface area contributed by atoms with Gasteiger partial charge in [0, 0.05) is 17.0 Å². The maximum Gasteiger partial charge on any atom is 0.294 e. The summed E-state index contributed by atoms with van der Waals surface area (Å²) in [5.41, 5.74) is 2.12. The molecule has 0 radical (unpaired) electrons.